The summed E-state index contributed by atoms with van der Waals surface area (Å²) in [5.74, 6) is 0.0498. The summed E-state index contributed by atoms with van der Waals surface area (Å²) < 4.78 is 0. The summed E-state index contributed by atoms with van der Waals surface area (Å²) in [7, 11) is 0. The highest BCUT2D eigenvalue weighted by atomic mass is 16.3. The number of aliphatic hydroxyl groups excluding tert-OH is 1. The second kappa shape index (κ2) is 5.10. The summed E-state index contributed by atoms with van der Waals surface area (Å²) in [6, 6.07) is 0. The number of amides is 1. The predicted molar refractivity (Wildman–Crippen MR) is 51.7 cm³/mol. The summed E-state index contributed by atoms with van der Waals surface area (Å²) in [6.45, 7) is 1.99. The molecule has 1 amide bonds. The molecule has 0 aliphatic heterocycles. The zero-order valence-electron chi connectivity index (χ0n) is 8.45. The first-order chi connectivity index (χ1) is 6.58. The molecule has 1 aliphatic rings. The number of aliphatic hydroxyl groups is 1. The number of carbonyl (C=O) groups is 2. The fourth-order valence-electron chi connectivity index (χ4n) is 1.78. The average molecular weight is 199 g/mol. The van der Waals surface area contributed by atoms with Gasteiger partial charge in [0.25, 0.3) is 0 Å². The quantitative estimate of drug-likeness (QED) is 0.637. The molecule has 80 valence electrons. The van der Waals surface area contributed by atoms with Gasteiger partial charge in [0.2, 0.25) is 5.91 Å². The number of rotatable bonds is 4. The molecule has 2 N–H and O–H groups in total. The summed E-state index contributed by atoms with van der Waals surface area (Å²) in [6.07, 6.45) is 2.31. The van der Waals surface area contributed by atoms with Crippen molar-refractivity contribution >= 4 is 11.7 Å². The molecule has 0 heterocycles. The maximum atomic E-state index is 11.1. The van der Waals surface area contributed by atoms with E-state index in [1.54, 1.807) is 0 Å². The van der Waals surface area contributed by atoms with E-state index in [0.29, 0.717) is 12.5 Å². The Morgan fingerprint density at radius 3 is 2.64 bits per heavy atom. The highest BCUT2D eigenvalue weighted by Gasteiger charge is 2.22. The molecule has 14 heavy (non-hydrogen) atoms. The number of carbonyl (C=O) groups excluding carboxylic acids is 2. The molecular formula is C10H17NO3. The van der Waals surface area contributed by atoms with Gasteiger partial charge in [0.15, 0.2) is 0 Å². The molecule has 0 aromatic carbocycles. The Morgan fingerprint density at radius 2 is 2.14 bits per heavy atom. The van der Waals surface area contributed by atoms with Crippen LogP contribution in [0.15, 0.2) is 0 Å². The van der Waals surface area contributed by atoms with Crippen LogP contribution < -0.4 is 5.32 Å². The molecule has 0 aromatic rings. The third-order valence-corrected chi connectivity index (χ3v) is 2.51. The standard InChI is InChI=1S/C10H17NO3/c1-7(12)4-10(14)11-6-8-2-3-9(13)5-8/h8-9,13H,2-6H2,1H3,(H,11,14). The van der Waals surface area contributed by atoms with Gasteiger partial charge in [-0.1, -0.05) is 0 Å². The van der Waals surface area contributed by atoms with Crippen LogP contribution in [0.25, 0.3) is 0 Å². The van der Waals surface area contributed by atoms with Crippen LogP contribution in [0.5, 0.6) is 0 Å². The average Bonchev–Trinajstić information content (AvgIpc) is 2.47. The van der Waals surface area contributed by atoms with Crippen LogP contribution in [0.1, 0.15) is 32.6 Å². The Hall–Kier alpha value is -0.900. The molecule has 1 aliphatic carbocycles. The maximum absolute atomic E-state index is 11.1. The van der Waals surface area contributed by atoms with E-state index in [0.717, 1.165) is 19.3 Å². The summed E-state index contributed by atoms with van der Waals surface area (Å²) in [5, 5.41) is 11.9. The lowest BCUT2D eigenvalue weighted by Crippen LogP contribution is -2.29. The van der Waals surface area contributed by atoms with Crippen molar-refractivity contribution in [2.75, 3.05) is 6.54 Å². The molecule has 1 rings (SSSR count). The first-order valence-electron chi connectivity index (χ1n) is 5.02. The van der Waals surface area contributed by atoms with E-state index in [-0.39, 0.29) is 24.2 Å². The lowest BCUT2D eigenvalue weighted by molar-refractivity contribution is -0.127. The Balaban J connectivity index is 2.14. The molecule has 1 fully saturated rings. The maximum Gasteiger partial charge on any atom is 0.227 e. The SMILES string of the molecule is CC(=O)CC(=O)NCC1CCC(O)C1. The van der Waals surface area contributed by atoms with Crippen molar-refractivity contribution in [3.63, 3.8) is 0 Å². The Kier molecular flexibility index (Phi) is 4.07. The monoisotopic (exact) mass is 199 g/mol. The smallest absolute Gasteiger partial charge is 0.227 e. The number of nitrogens with one attached hydrogen (secondary N) is 1. The zero-order chi connectivity index (χ0) is 10.6. The van der Waals surface area contributed by atoms with Crippen molar-refractivity contribution in [1.29, 1.82) is 0 Å². The van der Waals surface area contributed by atoms with Crippen LogP contribution in [0.3, 0.4) is 0 Å². The minimum absolute atomic E-state index is 0.0325. The molecule has 2 atom stereocenters. The molecule has 0 bridgehead atoms. The minimum Gasteiger partial charge on any atom is -0.393 e. The van der Waals surface area contributed by atoms with Crippen LogP contribution in [0, 0.1) is 5.92 Å². The van der Waals surface area contributed by atoms with E-state index < -0.39 is 0 Å². The first kappa shape index (κ1) is 11.2. The molecular weight excluding hydrogens is 182 g/mol. The van der Waals surface area contributed by atoms with E-state index in [4.69, 9.17) is 0 Å². The lowest BCUT2D eigenvalue weighted by atomic mass is 10.1. The molecule has 0 spiro atoms. The van der Waals surface area contributed by atoms with Gasteiger partial charge in [0.1, 0.15) is 5.78 Å². The lowest BCUT2D eigenvalue weighted by Gasteiger charge is -2.09. The van der Waals surface area contributed by atoms with Crippen molar-refractivity contribution in [2.24, 2.45) is 5.92 Å². The van der Waals surface area contributed by atoms with Gasteiger partial charge in [-0.2, -0.15) is 0 Å². The first-order valence-corrected chi connectivity index (χ1v) is 5.02. The molecule has 2 unspecified atom stereocenters. The van der Waals surface area contributed by atoms with Crippen LogP contribution >= 0.6 is 0 Å². The fourth-order valence-corrected chi connectivity index (χ4v) is 1.78. The van der Waals surface area contributed by atoms with E-state index in [1.165, 1.54) is 6.92 Å². The molecule has 1 saturated carbocycles. The van der Waals surface area contributed by atoms with Gasteiger partial charge in [-0.15, -0.1) is 0 Å². The largest absolute Gasteiger partial charge is 0.393 e. The second-order valence-corrected chi connectivity index (χ2v) is 4.02. The number of hydrogen-bond acceptors (Lipinski definition) is 3. The molecule has 4 nitrogen and oxygen atoms in total. The van der Waals surface area contributed by atoms with Crippen LogP contribution in [-0.4, -0.2) is 29.4 Å². The van der Waals surface area contributed by atoms with Gasteiger partial charge in [-0.05, 0) is 32.1 Å². The Labute approximate surface area is 83.7 Å². The highest BCUT2D eigenvalue weighted by Crippen LogP contribution is 2.24. The van der Waals surface area contributed by atoms with E-state index in [2.05, 4.69) is 5.32 Å². The van der Waals surface area contributed by atoms with Crippen molar-refractivity contribution in [1.82, 2.24) is 5.32 Å². The van der Waals surface area contributed by atoms with Gasteiger partial charge in [-0.3, -0.25) is 9.59 Å². The third-order valence-electron chi connectivity index (χ3n) is 2.51. The number of ketones is 1. The summed E-state index contributed by atoms with van der Waals surface area (Å²) in [5.41, 5.74) is 0. The highest BCUT2D eigenvalue weighted by molar-refractivity contribution is 5.96. The molecule has 0 radical (unpaired) electrons. The van der Waals surface area contributed by atoms with Crippen molar-refractivity contribution < 1.29 is 14.7 Å². The van der Waals surface area contributed by atoms with Gasteiger partial charge >= 0.3 is 0 Å². The van der Waals surface area contributed by atoms with Crippen molar-refractivity contribution in [2.45, 2.75) is 38.7 Å². The minimum atomic E-state index is -0.209. The molecule has 0 saturated heterocycles. The van der Waals surface area contributed by atoms with Crippen molar-refractivity contribution in [3.05, 3.63) is 0 Å². The second-order valence-electron chi connectivity index (χ2n) is 4.02. The van der Waals surface area contributed by atoms with Gasteiger partial charge < -0.3 is 10.4 Å². The molecule has 0 aromatic heterocycles. The van der Waals surface area contributed by atoms with Gasteiger partial charge in [-0.25, -0.2) is 0 Å². The van der Waals surface area contributed by atoms with E-state index >= 15 is 0 Å². The summed E-state index contributed by atoms with van der Waals surface area (Å²) >= 11 is 0. The Morgan fingerprint density at radius 1 is 1.43 bits per heavy atom. The zero-order valence-corrected chi connectivity index (χ0v) is 8.45. The Bertz CT molecular complexity index is 227. The van der Waals surface area contributed by atoms with E-state index in [9.17, 15) is 14.7 Å². The fraction of sp³-hybridized carbons (Fsp3) is 0.800. The third kappa shape index (κ3) is 3.87. The number of hydrogen-bond donors (Lipinski definition) is 2. The summed E-state index contributed by atoms with van der Waals surface area (Å²) in [4.78, 5) is 21.7. The normalized spacial score (nSPS) is 26.1. The van der Waals surface area contributed by atoms with Crippen LogP contribution in [0.2, 0.25) is 0 Å². The van der Waals surface area contributed by atoms with Crippen LogP contribution in [-0.2, 0) is 9.59 Å². The van der Waals surface area contributed by atoms with Gasteiger partial charge in [0.05, 0.1) is 12.5 Å². The topological polar surface area (TPSA) is 66.4 Å². The van der Waals surface area contributed by atoms with Gasteiger partial charge in [0, 0.05) is 6.54 Å². The molecule has 4 heteroatoms. The van der Waals surface area contributed by atoms with E-state index in [1.807, 2.05) is 0 Å². The predicted octanol–water partition coefficient (Wildman–Crippen LogP) is 0.243. The number of Topliss-reactive ketones (excluding diaryl/α,β-unsaturated/α-hetero) is 1. The van der Waals surface area contributed by atoms with Crippen molar-refractivity contribution in [3.8, 4) is 0 Å². The van der Waals surface area contributed by atoms with Crippen LogP contribution in [0.4, 0.5) is 0 Å².